The first-order valence-electron chi connectivity index (χ1n) is 8.08. The molecule has 136 valence electrons. The van der Waals surface area contributed by atoms with E-state index in [1.807, 2.05) is 6.92 Å². The van der Waals surface area contributed by atoms with E-state index < -0.39 is 10.7 Å². The number of nitrogens with one attached hydrogen (secondary N) is 1. The normalized spacial score (nSPS) is 10.2. The van der Waals surface area contributed by atoms with Crippen molar-refractivity contribution in [2.75, 3.05) is 11.9 Å². The number of aromatic nitrogens is 1. The van der Waals surface area contributed by atoms with Crippen LogP contribution in [0.4, 0.5) is 11.5 Å². The number of hydrogen-bond donors (Lipinski definition) is 1. The van der Waals surface area contributed by atoms with E-state index in [1.165, 1.54) is 6.07 Å². The molecule has 0 aliphatic rings. The number of pyridine rings is 1. The highest BCUT2D eigenvalue weighted by molar-refractivity contribution is 5.98. The minimum Gasteiger partial charge on any atom is -0.477 e. The lowest BCUT2D eigenvalue weighted by molar-refractivity contribution is -0.390. The summed E-state index contributed by atoms with van der Waals surface area (Å²) in [7, 11) is 0. The SMILES string of the molecule is CCCC(=O)Nc1ccc(C(=O)COc2ccc(C)nc2[N+](=O)[O-])cc1. The number of benzene rings is 1. The number of anilines is 1. The minimum atomic E-state index is -0.652. The average molecular weight is 357 g/mol. The molecule has 0 saturated carbocycles. The van der Waals surface area contributed by atoms with Gasteiger partial charge in [0.25, 0.3) is 0 Å². The summed E-state index contributed by atoms with van der Waals surface area (Å²) in [4.78, 5) is 37.9. The fraction of sp³-hybridized carbons (Fsp3) is 0.278. The van der Waals surface area contributed by atoms with Crippen molar-refractivity contribution >= 4 is 23.2 Å². The van der Waals surface area contributed by atoms with Crippen molar-refractivity contribution in [1.82, 2.24) is 4.98 Å². The third-order valence-electron chi connectivity index (χ3n) is 3.48. The molecule has 0 radical (unpaired) electrons. The predicted molar refractivity (Wildman–Crippen MR) is 95.4 cm³/mol. The Labute approximate surface area is 150 Å². The molecule has 0 spiro atoms. The second kappa shape index (κ2) is 8.70. The molecule has 26 heavy (non-hydrogen) atoms. The number of ketones is 1. The first-order chi connectivity index (χ1) is 12.4. The zero-order valence-corrected chi connectivity index (χ0v) is 14.5. The monoisotopic (exact) mass is 357 g/mol. The highest BCUT2D eigenvalue weighted by atomic mass is 16.6. The molecular weight excluding hydrogens is 338 g/mol. The van der Waals surface area contributed by atoms with Crippen molar-refractivity contribution in [3.8, 4) is 5.75 Å². The summed E-state index contributed by atoms with van der Waals surface area (Å²) in [5, 5.41) is 13.7. The quantitative estimate of drug-likeness (QED) is 0.441. The molecule has 0 atom stereocenters. The molecule has 1 N–H and O–H groups in total. The number of hydrogen-bond acceptors (Lipinski definition) is 6. The summed E-state index contributed by atoms with van der Waals surface area (Å²) in [6.07, 6.45) is 1.18. The van der Waals surface area contributed by atoms with Crippen LogP contribution in [-0.2, 0) is 4.79 Å². The van der Waals surface area contributed by atoms with E-state index in [4.69, 9.17) is 4.74 Å². The van der Waals surface area contributed by atoms with E-state index in [1.54, 1.807) is 37.3 Å². The fourth-order valence-electron chi connectivity index (χ4n) is 2.19. The van der Waals surface area contributed by atoms with Crippen LogP contribution in [0, 0.1) is 17.0 Å². The van der Waals surface area contributed by atoms with Gasteiger partial charge in [0.05, 0.1) is 0 Å². The molecule has 1 heterocycles. The Morgan fingerprint density at radius 2 is 1.88 bits per heavy atom. The molecule has 1 amide bonds. The molecular formula is C18H19N3O5. The topological polar surface area (TPSA) is 111 Å². The van der Waals surface area contributed by atoms with Gasteiger partial charge in [0.1, 0.15) is 5.69 Å². The van der Waals surface area contributed by atoms with Gasteiger partial charge in [0.2, 0.25) is 11.7 Å². The summed E-state index contributed by atoms with van der Waals surface area (Å²) in [5.41, 5.74) is 1.46. The standard InChI is InChI=1S/C18H19N3O5/c1-3-4-17(23)20-14-8-6-13(7-9-14)15(22)11-26-16-10-5-12(2)19-18(16)21(24)25/h5-10H,3-4,11H2,1-2H3,(H,20,23). The van der Waals surface area contributed by atoms with E-state index in [-0.39, 0.29) is 24.0 Å². The molecule has 0 aliphatic carbocycles. The predicted octanol–water partition coefficient (Wildman–Crippen LogP) is 3.30. The number of carbonyl (C=O) groups is 2. The Hall–Kier alpha value is -3.29. The maximum atomic E-state index is 12.2. The maximum absolute atomic E-state index is 12.2. The first-order valence-corrected chi connectivity index (χ1v) is 8.08. The molecule has 0 aliphatic heterocycles. The smallest absolute Gasteiger partial charge is 0.406 e. The number of nitrogens with zero attached hydrogens (tertiary/aromatic N) is 2. The van der Waals surface area contributed by atoms with Crippen LogP contribution in [0.2, 0.25) is 0 Å². The van der Waals surface area contributed by atoms with Crippen LogP contribution in [0.3, 0.4) is 0 Å². The second-order valence-electron chi connectivity index (χ2n) is 5.62. The number of Topliss-reactive ketones (excluding diaryl/α,β-unsaturated/α-hetero) is 1. The van der Waals surface area contributed by atoms with Crippen LogP contribution in [0.5, 0.6) is 5.75 Å². The van der Waals surface area contributed by atoms with E-state index in [9.17, 15) is 19.7 Å². The zero-order chi connectivity index (χ0) is 19.1. The van der Waals surface area contributed by atoms with Crippen molar-refractivity contribution in [2.45, 2.75) is 26.7 Å². The number of aryl methyl sites for hydroxylation is 1. The molecule has 8 nitrogen and oxygen atoms in total. The first kappa shape index (κ1) is 19.0. The number of ether oxygens (including phenoxy) is 1. The lowest BCUT2D eigenvalue weighted by atomic mass is 10.1. The fourth-order valence-corrected chi connectivity index (χ4v) is 2.19. The molecule has 0 fully saturated rings. The largest absolute Gasteiger partial charge is 0.477 e. The van der Waals surface area contributed by atoms with Crippen molar-refractivity contribution < 1.29 is 19.2 Å². The summed E-state index contributed by atoms with van der Waals surface area (Å²) in [6, 6.07) is 9.36. The van der Waals surface area contributed by atoms with E-state index in [2.05, 4.69) is 10.3 Å². The van der Waals surface area contributed by atoms with E-state index in [0.29, 0.717) is 23.4 Å². The van der Waals surface area contributed by atoms with Crippen LogP contribution in [0.25, 0.3) is 0 Å². The molecule has 0 bridgehead atoms. The summed E-state index contributed by atoms with van der Waals surface area (Å²) < 4.78 is 5.27. The van der Waals surface area contributed by atoms with Gasteiger partial charge in [0, 0.05) is 24.6 Å². The second-order valence-corrected chi connectivity index (χ2v) is 5.62. The zero-order valence-electron chi connectivity index (χ0n) is 14.5. The third kappa shape index (κ3) is 5.10. The van der Waals surface area contributed by atoms with Crippen LogP contribution in [-0.4, -0.2) is 28.2 Å². The molecule has 2 rings (SSSR count). The van der Waals surface area contributed by atoms with Crippen LogP contribution < -0.4 is 10.1 Å². The van der Waals surface area contributed by atoms with Gasteiger partial charge < -0.3 is 20.2 Å². The Morgan fingerprint density at radius 3 is 2.50 bits per heavy atom. The van der Waals surface area contributed by atoms with Gasteiger partial charge >= 0.3 is 5.82 Å². The van der Waals surface area contributed by atoms with E-state index in [0.717, 1.165) is 6.42 Å². The maximum Gasteiger partial charge on any atom is 0.406 e. The number of carbonyl (C=O) groups excluding carboxylic acids is 2. The van der Waals surface area contributed by atoms with Gasteiger partial charge in [-0.3, -0.25) is 9.59 Å². The van der Waals surface area contributed by atoms with Gasteiger partial charge in [-0.15, -0.1) is 0 Å². The van der Waals surface area contributed by atoms with Gasteiger partial charge in [-0.05, 0) is 52.7 Å². The summed E-state index contributed by atoms with van der Waals surface area (Å²) in [5.74, 6) is -0.912. The number of rotatable bonds is 8. The third-order valence-corrected chi connectivity index (χ3v) is 3.48. The summed E-state index contributed by atoms with van der Waals surface area (Å²) in [6.45, 7) is 3.19. The lowest BCUT2D eigenvalue weighted by Crippen LogP contribution is -2.13. The lowest BCUT2D eigenvalue weighted by Gasteiger charge is -2.07. The van der Waals surface area contributed by atoms with Crippen LogP contribution >= 0.6 is 0 Å². The highest BCUT2D eigenvalue weighted by Gasteiger charge is 2.19. The van der Waals surface area contributed by atoms with Crippen molar-refractivity contribution in [3.05, 3.63) is 57.8 Å². The number of nitro groups is 1. The molecule has 8 heteroatoms. The molecule has 1 aromatic heterocycles. The summed E-state index contributed by atoms with van der Waals surface area (Å²) >= 11 is 0. The van der Waals surface area contributed by atoms with Crippen LogP contribution in [0.1, 0.15) is 35.8 Å². The highest BCUT2D eigenvalue weighted by Crippen LogP contribution is 2.24. The Kier molecular flexibility index (Phi) is 6.37. The molecule has 0 unspecified atom stereocenters. The van der Waals surface area contributed by atoms with Crippen molar-refractivity contribution in [2.24, 2.45) is 0 Å². The van der Waals surface area contributed by atoms with Gasteiger partial charge in [-0.1, -0.05) is 6.92 Å². The molecule has 2 aromatic rings. The minimum absolute atomic E-state index is 0.0580. The Morgan fingerprint density at radius 1 is 1.19 bits per heavy atom. The molecule has 1 aromatic carbocycles. The number of amides is 1. The van der Waals surface area contributed by atoms with Gasteiger partial charge in [-0.2, -0.15) is 0 Å². The average Bonchev–Trinajstić information content (AvgIpc) is 2.61. The molecule has 0 saturated heterocycles. The van der Waals surface area contributed by atoms with E-state index >= 15 is 0 Å². The van der Waals surface area contributed by atoms with Gasteiger partial charge in [0.15, 0.2) is 12.4 Å². The Bertz CT molecular complexity index is 818. The Balaban J connectivity index is 2.00. The van der Waals surface area contributed by atoms with Crippen molar-refractivity contribution in [3.63, 3.8) is 0 Å². The van der Waals surface area contributed by atoms with Crippen LogP contribution in [0.15, 0.2) is 36.4 Å². The van der Waals surface area contributed by atoms with Gasteiger partial charge in [-0.25, -0.2) is 0 Å². The van der Waals surface area contributed by atoms with Crippen molar-refractivity contribution in [1.29, 1.82) is 0 Å².